The first-order valence-electron chi connectivity index (χ1n) is 13.6. The monoisotopic (exact) mass is 581 g/mol. The van der Waals surface area contributed by atoms with Gasteiger partial charge in [0, 0.05) is 27.9 Å². The maximum atomic E-state index is 13.4. The fourth-order valence-electron chi connectivity index (χ4n) is 6.48. The van der Waals surface area contributed by atoms with Crippen LogP contribution in [0.5, 0.6) is 0 Å². The number of rotatable bonds is 9. The molecule has 1 saturated heterocycles. The Labute approximate surface area is 233 Å². The van der Waals surface area contributed by atoms with Crippen LogP contribution in [0.15, 0.2) is 84.9 Å². The molecule has 0 spiro atoms. The van der Waals surface area contributed by atoms with Gasteiger partial charge in [0.2, 0.25) is 0 Å². The van der Waals surface area contributed by atoms with Crippen molar-refractivity contribution in [2.45, 2.75) is 74.9 Å². The topological polar surface area (TPSA) is 52.9 Å². The summed E-state index contributed by atoms with van der Waals surface area (Å²) in [5.41, 5.74) is 2.66. The molecule has 38 heavy (non-hydrogen) atoms. The lowest BCUT2D eigenvalue weighted by Gasteiger charge is -2.63. The molecule has 0 bridgehead atoms. The average molecular weight is 583 g/mol. The zero-order valence-electron chi connectivity index (χ0n) is 21.8. The lowest BCUT2D eigenvalue weighted by molar-refractivity contribution is -0.131. The van der Waals surface area contributed by atoms with Crippen molar-refractivity contribution in [3.8, 4) is 0 Å². The highest BCUT2D eigenvalue weighted by atomic mass is 79.9. The summed E-state index contributed by atoms with van der Waals surface area (Å²) in [6.45, 7) is 2.87. The van der Waals surface area contributed by atoms with Gasteiger partial charge in [-0.3, -0.25) is 0 Å². The summed E-state index contributed by atoms with van der Waals surface area (Å²) in [7, 11) is 0. The normalized spacial score (nSPS) is 30.0. The number of hydrogen-bond donors (Lipinski definition) is 2. The summed E-state index contributed by atoms with van der Waals surface area (Å²) < 4.78 is 20.0. The maximum Gasteiger partial charge on any atom is 0.132 e. The molecule has 1 aliphatic carbocycles. The number of nitrogens with zero attached hydrogens (tertiary/aromatic N) is 1. The summed E-state index contributed by atoms with van der Waals surface area (Å²) in [5, 5.41) is 22.3. The second-order valence-corrected chi connectivity index (χ2v) is 12.4. The predicted molar refractivity (Wildman–Crippen MR) is 152 cm³/mol. The Bertz CT molecular complexity index is 1160. The number of aliphatic hydroxyl groups excluding tert-OH is 2. The van der Waals surface area contributed by atoms with Crippen LogP contribution in [0.4, 0.5) is 10.1 Å². The highest BCUT2D eigenvalue weighted by Crippen LogP contribution is 2.54. The van der Waals surface area contributed by atoms with Crippen LogP contribution in [0, 0.1) is 17.2 Å². The van der Waals surface area contributed by atoms with Crippen molar-refractivity contribution in [2.75, 3.05) is 4.90 Å². The van der Waals surface area contributed by atoms with Gasteiger partial charge in [-0.15, -0.1) is 0 Å². The van der Waals surface area contributed by atoms with E-state index in [9.17, 15) is 14.6 Å². The van der Waals surface area contributed by atoms with Crippen LogP contribution in [0.2, 0.25) is 0 Å². The minimum Gasteiger partial charge on any atom is -0.388 e. The molecule has 0 aromatic heterocycles. The molecule has 1 heterocycles. The van der Waals surface area contributed by atoms with Crippen molar-refractivity contribution >= 4 is 21.6 Å². The molecule has 0 amide bonds. The average Bonchev–Trinajstić information content (AvgIpc) is 2.93. The van der Waals surface area contributed by atoms with E-state index >= 15 is 0 Å². The van der Waals surface area contributed by atoms with E-state index in [0.29, 0.717) is 29.8 Å². The van der Waals surface area contributed by atoms with Crippen LogP contribution in [-0.2, 0) is 11.3 Å². The van der Waals surface area contributed by atoms with Crippen molar-refractivity contribution in [1.29, 1.82) is 0 Å². The summed E-state index contributed by atoms with van der Waals surface area (Å²) >= 11 is 3.86. The molecule has 0 radical (unpaired) electrons. The van der Waals surface area contributed by atoms with Crippen molar-refractivity contribution < 1.29 is 19.3 Å². The number of benzene rings is 3. The lowest BCUT2D eigenvalue weighted by Crippen LogP contribution is -2.72. The van der Waals surface area contributed by atoms with E-state index in [1.165, 1.54) is 12.1 Å². The predicted octanol–water partition coefficient (Wildman–Crippen LogP) is 7.00. The number of halogens is 2. The quantitative estimate of drug-likeness (QED) is 0.267. The minimum absolute atomic E-state index is 0.00839. The standard InChI is InChI=1S/C32H37BrFNO3/c1-32(19-18-24(33)20-29(32)38-21-22-8-4-2-5-9-22)30-27(31(37)35(30)26-10-6-3-7-11-26)16-17-28(36)23-12-14-25(34)15-13-23/h2-15,24,27-31,36-37H,16-21H2,1H3/t24?,27-,28+,29?,30+,31?,32?/m1/s1. The van der Waals surface area contributed by atoms with Gasteiger partial charge in [0.15, 0.2) is 0 Å². The first-order chi connectivity index (χ1) is 18.4. The third-order valence-electron chi connectivity index (χ3n) is 8.63. The van der Waals surface area contributed by atoms with E-state index in [0.717, 1.165) is 30.5 Å². The molecule has 6 heteroatoms. The number of aliphatic hydroxyl groups is 2. The Morgan fingerprint density at radius 2 is 1.68 bits per heavy atom. The molecule has 4 unspecified atom stereocenters. The molecule has 202 valence electrons. The molecule has 7 atom stereocenters. The van der Waals surface area contributed by atoms with E-state index in [-0.39, 0.29) is 29.3 Å². The molecule has 2 aliphatic rings. The Kier molecular flexibility index (Phi) is 8.53. The fourth-order valence-corrected chi connectivity index (χ4v) is 7.05. The largest absolute Gasteiger partial charge is 0.388 e. The second-order valence-electron chi connectivity index (χ2n) is 11.1. The number of alkyl halides is 1. The molecular weight excluding hydrogens is 545 g/mol. The molecular formula is C32H37BrFNO3. The Morgan fingerprint density at radius 3 is 2.37 bits per heavy atom. The van der Waals surface area contributed by atoms with E-state index in [2.05, 4.69) is 52.0 Å². The lowest BCUT2D eigenvalue weighted by atomic mass is 9.59. The van der Waals surface area contributed by atoms with Crippen molar-refractivity contribution in [2.24, 2.45) is 11.3 Å². The second kappa shape index (κ2) is 11.9. The Morgan fingerprint density at radius 1 is 1.03 bits per heavy atom. The van der Waals surface area contributed by atoms with Gasteiger partial charge < -0.3 is 19.8 Å². The van der Waals surface area contributed by atoms with Gasteiger partial charge in [0.25, 0.3) is 0 Å². The van der Waals surface area contributed by atoms with Crippen LogP contribution in [-0.4, -0.2) is 33.4 Å². The van der Waals surface area contributed by atoms with E-state index in [4.69, 9.17) is 4.74 Å². The van der Waals surface area contributed by atoms with Crippen LogP contribution in [0.3, 0.4) is 0 Å². The SMILES string of the molecule is CC1([C@@H]2[C@@H](CC[C@H](O)c3ccc(F)cc3)C(O)N2c2ccccc2)CCC(Br)CC1OCc1ccccc1. The Hall–Kier alpha value is -2.25. The summed E-state index contributed by atoms with van der Waals surface area (Å²) in [5.74, 6) is -0.337. The molecule has 5 rings (SSSR count). The van der Waals surface area contributed by atoms with Gasteiger partial charge in [-0.05, 0) is 67.5 Å². The number of anilines is 1. The van der Waals surface area contributed by atoms with Gasteiger partial charge in [0.1, 0.15) is 12.0 Å². The van der Waals surface area contributed by atoms with Crippen molar-refractivity contribution in [1.82, 2.24) is 0 Å². The highest BCUT2D eigenvalue weighted by molar-refractivity contribution is 9.09. The first-order valence-corrected chi connectivity index (χ1v) is 14.5. The summed E-state index contributed by atoms with van der Waals surface area (Å²) in [4.78, 5) is 2.55. The summed E-state index contributed by atoms with van der Waals surface area (Å²) in [6.07, 6.45) is 2.74. The van der Waals surface area contributed by atoms with Gasteiger partial charge in [0.05, 0.1) is 18.8 Å². The number of hydrogen-bond acceptors (Lipinski definition) is 4. The van der Waals surface area contributed by atoms with E-state index in [1.807, 2.05) is 36.4 Å². The number of ether oxygens (including phenoxy) is 1. The zero-order valence-corrected chi connectivity index (χ0v) is 23.4. The van der Waals surface area contributed by atoms with Gasteiger partial charge in [-0.2, -0.15) is 0 Å². The fraction of sp³-hybridized carbons (Fsp3) is 0.438. The van der Waals surface area contributed by atoms with Crippen LogP contribution >= 0.6 is 15.9 Å². The summed E-state index contributed by atoms with van der Waals surface area (Å²) in [6, 6.07) is 26.5. The van der Waals surface area contributed by atoms with Crippen LogP contribution < -0.4 is 4.90 Å². The first kappa shape index (κ1) is 27.3. The smallest absolute Gasteiger partial charge is 0.132 e. The molecule has 3 aromatic rings. The third-order valence-corrected chi connectivity index (χ3v) is 9.46. The highest BCUT2D eigenvalue weighted by Gasteiger charge is 2.59. The molecule has 2 N–H and O–H groups in total. The van der Waals surface area contributed by atoms with E-state index < -0.39 is 12.3 Å². The van der Waals surface area contributed by atoms with E-state index in [1.54, 1.807) is 12.1 Å². The number of para-hydroxylation sites is 1. The van der Waals surface area contributed by atoms with Crippen molar-refractivity contribution in [3.63, 3.8) is 0 Å². The maximum absolute atomic E-state index is 13.4. The molecule has 1 aliphatic heterocycles. The Balaban J connectivity index is 1.39. The van der Waals surface area contributed by atoms with Crippen LogP contribution in [0.25, 0.3) is 0 Å². The molecule has 3 aromatic carbocycles. The van der Waals surface area contributed by atoms with Crippen LogP contribution in [0.1, 0.15) is 56.3 Å². The van der Waals surface area contributed by atoms with Gasteiger partial charge >= 0.3 is 0 Å². The molecule has 4 nitrogen and oxygen atoms in total. The molecule has 2 fully saturated rings. The zero-order chi connectivity index (χ0) is 26.7. The molecule has 1 saturated carbocycles. The third kappa shape index (κ3) is 5.69. The van der Waals surface area contributed by atoms with Crippen molar-refractivity contribution in [3.05, 3.63) is 102 Å². The van der Waals surface area contributed by atoms with Gasteiger partial charge in [-0.25, -0.2) is 4.39 Å². The van der Waals surface area contributed by atoms with Gasteiger partial charge in [-0.1, -0.05) is 83.5 Å². The minimum atomic E-state index is -0.703.